The van der Waals surface area contributed by atoms with Crippen LogP contribution in [-0.4, -0.2) is 26.4 Å². The average molecular weight is 342 g/mol. The molecule has 0 radical (unpaired) electrons. The highest BCUT2D eigenvalue weighted by molar-refractivity contribution is 5.53. The number of benzene rings is 1. The van der Waals surface area contributed by atoms with E-state index in [1.807, 2.05) is 30.3 Å². The second-order valence-corrected chi connectivity index (χ2v) is 6.34. The zero-order valence-corrected chi connectivity index (χ0v) is 14.3. The van der Waals surface area contributed by atoms with E-state index in [-0.39, 0.29) is 5.56 Å². The highest BCUT2D eigenvalue weighted by Gasteiger charge is 2.22. The van der Waals surface area contributed by atoms with E-state index in [0.717, 1.165) is 41.0 Å². The number of nitrogens with zero attached hydrogens (tertiary/aromatic N) is 3. The summed E-state index contributed by atoms with van der Waals surface area (Å²) in [5.74, 6) is 3.30. The summed E-state index contributed by atoms with van der Waals surface area (Å²) in [7, 11) is 0. The molecule has 4 rings (SSSR count). The fraction of sp³-hybridized carbons (Fsp3) is 0.190. The first kappa shape index (κ1) is 16.2. The second kappa shape index (κ2) is 6.95. The SMILES string of the molecule is C#Cc1ccccc1CN1CCc2c(nc(-c3cccnc3)[nH]c2=O)C1. The predicted octanol–water partition coefficient (Wildman–Crippen LogP) is 2.37. The number of hydrogen-bond acceptors (Lipinski definition) is 4. The van der Waals surface area contributed by atoms with Gasteiger partial charge in [0.25, 0.3) is 5.56 Å². The molecule has 2 aromatic heterocycles. The third-order valence-electron chi connectivity index (χ3n) is 4.65. The molecule has 0 fully saturated rings. The summed E-state index contributed by atoms with van der Waals surface area (Å²) in [4.78, 5) is 26.4. The van der Waals surface area contributed by atoms with Crippen LogP contribution in [0.1, 0.15) is 22.4 Å². The molecule has 1 aromatic carbocycles. The van der Waals surface area contributed by atoms with Crippen LogP contribution in [0.3, 0.4) is 0 Å². The average Bonchev–Trinajstić information content (AvgIpc) is 2.69. The number of hydrogen-bond donors (Lipinski definition) is 1. The van der Waals surface area contributed by atoms with E-state index in [2.05, 4.69) is 26.9 Å². The quantitative estimate of drug-likeness (QED) is 0.743. The maximum absolute atomic E-state index is 12.5. The Balaban J connectivity index is 1.63. The zero-order chi connectivity index (χ0) is 17.9. The molecule has 5 nitrogen and oxygen atoms in total. The Morgan fingerprint density at radius 2 is 2.12 bits per heavy atom. The number of rotatable bonds is 3. The van der Waals surface area contributed by atoms with E-state index in [0.29, 0.717) is 18.8 Å². The molecule has 3 heterocycles. The Bertz CT molecular complexity index is 1030. The first-order valence-electron chi connectivity index (χ1n) is 8.54. The minimum Gasteiger partial charge on any atom is -0.306 e. The van der Waals surface area contributed by atoms with Gasteiger partial charge >= 0.3 is 0 Å². The maximum Gasteiger partial charge on any atom is 0.254 e. The van der Waals surface area contributed by atoms with Crippen LogP contribution in [0.5, 0.6) is 0 Å². The van der Waals surface area contributed by atoms with Crippen molar-refractivity contribution in [2.75, 3.05) is 6.54 Å². The molecule has 0 spiro atoms. The van der Waals surface area contributed by atoms with Crippen LogP contribution in [0.4, 0.5) is 0 Å². The van der Waals surface area contributed by atoms with E-state index in [1.165, 1.54) is 0 Å². The Morgan fingerprint density at radius 3 is 2.92 bits per heavy atom. The van der Waals surface area contributed by atoms with Crippen molar-refractivity contribution in [1.82, 2.24) is 19.9 Å². The third kappa shape index (κ3) is 3.15. The summed E-state index contributed by atoms with van der Waals surface area (Å²) in [6, 6.07) is 11.7. The van der Waals surface area contributed by atoms with Crippen LogP contribution in [0.2, 0.25) is 0 Å². The largest absolute Gasteiger partial charge is 0.306 e. The first-order chi connectivity index (χ1) is 12.7. The van der Waals surface area contributed by atoms with Gasteiger partial charge in [-0.3, -0.25) is 14.7 Å². The van der Waals surface area contributed by atoms with E-state index >= 15 is 0 Å². The highest BCUT2D eigenvalue weighted by Crippen LogP contribution is 2.20. The lowest BCUT2D eigenvalue weighted by Crippen LogP contribution is -2.35. The van der Waals surface area contributed by atoms with Crippen LogP contribution in [0.25, 0.3) is 11.4 Å². The van der Waals surface area contributed by atoms with E-state index in [4.69, 9.17) is 11.4 Å². The van der Waals surface area contributed by atoms with Gasteiger partial charge in [-0.05, 0) is 30.2 Å². The molecule has 5 heteroatoms. The van der Waals surface area contributed by atoms with Gasteiger partial charge in [0.1, 0.15) is 5.82 Å². The van der Waals surface area contributed by atoms with Crippen molar-refractivity contribution in [3.63, 3.8) is 0 Å². The summed E-state index contributed by atoms with van der Waals surface area (Å²) < 4.78 is 0. The van der Waals surface area contributed by atoms with Gasteiger partial charge in [-0.2, -0.15) is 0 Å². The summed E-state index contributed by atoms with van der Waals surface area (Å²) in [6.45, 7) is 2.19. The van der Waals surface area contributed by atoms with Crippen LogP contribution in [-0.2, 0) is 19.5 Å². The van der Waals surface area contributed by atoms with Gasteiger partial charge in [-0.25, -0.2) is 4.98 Å². The van der Waals surface area contributed by atoms with Crippen LogP contribution >= 0.6 is 0 Å². The number of H-pyrrole nitrogens is 1. The fourth-order valence-electron chi connectivity index (χ4n) is 3.31. The van der Waals surface area contributed by atoms with Crippen molar-refractivity contribution in [3.8, 4) is 23.7 Å². The third-order valence-corrected chi connectivity index (χ3v) is 4.65. The molecule has 128 valence electrons. The Morgan fingerprint density at radius 1 is 1.23 bits per heavy atom. The van der Waals surface area contributed by atoms with Gasteiger partial charge < -0.3 is 4.98 Å². The summed E-state index contributed by atoms with van der Waals surface area (Å²) in [5, 5.41) is 0. The van der Waals surface area contributed by atoms with Crippen LogP contribution in [0, 0.1) is 12.3 Å². The van der Waals surface area contributed by atoms with Gasteiger partial charge in [-0.15, -0.1) is 6.42 Å². The number of pyridine rings is 1. The molecule has 3 aromatic rings. The summed E-state index contributed by atoms with van der Waals surface area (Å²) in [5.41, 5.74) is 4.39. The molecule has 0 aliphatic carbocycles. The lowest BCUT2D eigenvalue weighted by molar-refractivity contribution is 0.240. The summed E-state index contributed by atoms with van der Waals surface area (Å²) in [6.07, 6.45) is 9.69. The number of fused-ring (bicyclic) bond motifs is 1. The van der Waals surface area contributed by atoms with E-state index < -0.39 is 0 Å². The number of nitrogens with one attached hydrogen (secondary N) is 1. The lowest BCUT2D eigenvalue weighted by Gasteiger charge is -2.28. The van der Waals surface area contributed by atoms with E-state index in [1.54, 1.807) is 12.4 Å². The molecular weight excluding hydrogens is 324 g/mol. The Hall–Kier alpha value is -3.23. The Labute approximate surface area is 151 Å². The minimum absolute atomic E-state index is 0.0578. The molecular formula is C21H18N4O. The zero-order valence-electron chi connectivity index (χ0n) is 14.3. The van der Waals surface area contributed by atoms with Gasteiger partial charge in [0.2, 0.25) is 0 Å². The second-order valence-electron chi connectivity index (χ2n) is 6.34. The van der Waals surface area contributed by atoms with Crippen LogP contribution < -0.4 is 5.56 Å². The van der Waals surface area contributed by atoms with E-state index in [9.17, 15) is 4.79 Å². The first-order valence-corrected chi connectivity index (χ1v) is 8.54. The highest BCUT2D eigenvalue weighted by atomic mass is 16.1. The topological polar surface area (TPSA) is 61.9 Å². The summed E-state index contributed by atoms with van der Waals surface area (Å²) >= 11 is 0. The lowest BCUT2D eigenvalue weighted by atomic mass is 10.0. The van der Waals surface area contributed by atoms with Crippen molar-refractivity contribution >= 4 is 0 Å². The van der Waals surface area contributed by atoms with Crippen molar-refractivity contribution in [3.05, 3.63) is 81.5 Å². The smallest absolute Gasteiger partial charge is 0.254 e. The van der Waals surface area contributed by atoms with Gasteiger partial charge in [0.05, 0.1) is 5.69 Å². The van der Waals surface area contributed by atoms with Gasteiger partial charge in [0.15, 0.2) is 0 Å². The van der Waals surface area contributed by atoms with Crippen molar-refractivity contribution in [1.29, 1.82) is 0 Å². The molecule has 0 saturated heterocycles. The number of terminal acetylenes is 1. The molecule has 0 unspecified atom stereocenters. The van der Waals surface area contributed by atoms with Gasteiger partial charge in [-0.1, -0.05) is 24.1 Å². The van der Waals surface area contributed by atoms with Crippen molar-refractivity contribution in [2.45, 2.75) is 19.5 Å². The van der Waals surface area contributed by atoms with Crippen LogP contribution in [0.15, 0.2) is 53.6 Å². The fourth-order valence-corrected chi connectivity index (χ4v) is 3.31. The monoisotopic (exact) mass is 342 g/mol. The molecule has 0 bridgehead atoms. The molecule has 1 aliphatic rings. The van der Waals surface area contributed by atoms with Gasteiger partial charge in [0, 0.05) is 48.7 Å². The molecule has 0 saturated carbocycles. The number of aromatic nitrogens is 3. The molecule has 0 atom stereocenters. The molecule has 0 amide bonds. The standard InChI is InChI=1S/C21H18N4O/c1-2-15-6-3-4-7-17(15)13-25-11-9-18-19(14-25)23-20(24-21(18)26)16-8-5-10-22-12-16/h1,3-8,10,12H,9,11,13-14H2,(H,23,24,26). The maximum atomic E-state index is 12.5. The van der Waals surface area contributed by atoms with Crippen molar-refractivity contribution < 1.29 is 0 Å². The number of aromatic amines is 1. The molecule has 26 heavy (non-hydrogen) atoms. The molecule has 1 N–H and O–H groups in total. The normalized spacial score (nSPS) is 13.8. The molecule has 1 aliphatic heterocycles. The Kier molecular flexibility index (Phi) is 4.34. The van der Waals surface area contributed by atoms with Crippen molar-refractivity contribution in [2.24, 2.45) is 0 Å². The minimum atomic E-state index is -0.0578. The predicted molar refractivity (Wildman–Crippen MR) is 100 cm³/mol.